The highest BCUT2D eigenvalue weighted by atomic mass is 16.5. The number of ether oxygens (including phenoxy) is 1. The first kappa shape index (κ1) is 18.2. The number of aryl methyl sites for hydroxylation is 1. The third-order valence-corrected chi connectivity index (χ3v) is 4.20. The van der Waals surface area contributed by atoms with Crippen LogP contribution in [0.1, 0.15) is 52.4 Å². The minimum Gasteiger partial charge on any atom is -0.504 e. The lowest BCUT2D eigenvalue weighted by Crippen LogP contribution is -2.23. The Balaban J connectivity index is 2.39. The fraction of sp³-hybridized carbons (Fsp3) is 0.526. The molecule has 0 fully saturated rings. The lowest BCUT2D eigenvalue weighted by Gasteiger charge is -2.15. The van der Waals surface area contributed by atoms with Crippen molar-refractivity contribution in [1.82, 2.24) is 4.57 Å². The van der Waals surface area contributed by atoms with Gasteiger partial charge < -0.3 is 20.1 Å². The molecule has 1 aromatic heterocycles. The predicted octanol–water partition coefficient (Wildman–Crippen LogP) is 4.05. The molecule has 132 valence electrons. The highest BCUT2D eigenvalue weighted by Gasteiger charge is 2.17. The number of nitrogen functional groups attached to an aromatic ring is 1. The number of hydrogen-bond donors (Lipinski definition) is 2. The molecular formula is C19H28N2O3. The maximum absolute atomic E-state index is 12.8. The average Bonchev–Trinajstić information content (AvgIpc) is 2.57. The van der Waals surface area contributed by atoms with Gasteiger partial charge in [0.1, 0.15) is 0 Å². The first-order chi connectivity index (χ1) is 11.6. The van der Waals surface area contributed by atoms with E-state index < -0.39 is 0 Å². The number of unbranched alkanes of at least 4 members (excludes halogenated alkanes) is 4. The molecule has 5 nitrogen and oxygen atoms in total. The van der Waals surface area contributed by atoms with Crippen LogP contribution in [0.3, 0.4) is 0 Å². The van der Waals surface area contributed by atoms with Crippen LogP contribution >= 0.6 is 0 Å². The maximum Gasteiger partial charge on any atom is 0.297 e. The fourth-order valence-electron chi connectivity index (χ4n) is 2.80. The summed E-state index contributed by atoms with van der Waals surface area (Å²) in [5, 5.41) is 11.1. The molecule has 0 unspecified atom stereocenters. The molecule has 0 bridgehead atoms. The Labute approximate surface area is 143 Å². The van der Waals surface area contributed by atoms with Crippen molar-refractivity contribution < 1.29 is 9.84 Å². The summed E-state index contributed by atoms with van der Waals surface area (Å²) in [4.78, 5) is 12.8. The minimum atomic E-state index is -0.283. The summed E-state index contributed by atoms with van der Waals surface area (Å²) in [6.07, 6.45) is 6.08. The van der Waals surface area contributed by atoms with E-state index >= 15 is 0 Å². The summed E-state index contributed by atoms with van der Waals surface area (Å²) in [5.41, 5.74) is 6.80. The summed E-state index contributed by atoms with van der Waals surface area (Å²) >= 11 is 0. The van der Waals surface area contributed by atoms with E-state index in [9.17, 15) is 9.90 Å². The van der Waals surface area contributed by atoms with Gasteiger partial charge >= 0.3 is 0 Å². The molecular weight excluding hydrogens is 304 g/mol. The number of nitrogens with zero attached hydrogens (tertiary/aromatic N) is 1. The Bertz CT molecular complexity index is 737. The molecule has 0 atom stereocenters. The van der Waals surface area contributed by atoms with Gasteiger partial charge in [0.2, 0.25) is 5.75 Å². The lowest BCUT2D eigenvalue weighted by atomic mass is 10.1. The molecule has 2 rings (SSSR count). The Morgan fingerprint density at radius 1 is 1.12 bits per heavy atom. The molecule has 2 aromatic rings. The summed E-state index contributed by atoms with van der Waals surface area (Å²) in [6.45, 7) is 5.25. The lowest BCUT2D eigenvalue weighted by molar-refractivity contribution is 0.284. The minimum absolute atomic E-state index is 0.0554. The molecule has 0 spiro atoms. The average molecular weight is 332 g/mol. The second-order valence-electron chi connectivity index (χ2n) is 6.17. The van der Waals surface area contributed by atoms with E-state index in [4.69, 9.17) is 10.5 Å². The Morgan fingerprint density at radius 2 is 1.88 bits per heavy atom. The summed E-state index contributed by atoms with van der Waals surface area (Å²) in [6, 6.07) is 5.20. The Hall–Kier alpha value is -2.17. The zero-order chi connectivity index (χ0) is 17.5. The van der Waals surface area contributed by atoms with Crippen molar-refractivity contribution in [2.75, 3.05) is 12.3 Å². The number of benzene rings is 1. The number of anilines is 1. The molecule has 0 saturated carbocycles. The van der Waals surface area contributed by atoms with Crippen LogP contribution in [0.5, 0.6) is 11.5 Å². The van der Waals surface area contributed by atoms with Crippen LogP contribution in [0.25, 0.3) is 10.9 Å². The van der Waals surface area contributed by atoms with Crippen molar-refractivity contribution in [3.8, 4) is 11.5 Å². The first-order valence-corrected chi connectivity index (χ1v) is 8.87. The second kappa shape index (κ2) is 8.62. The number of hydrogen-bond acceptors (Lipinski definition) is 4. The summed E-state index contributed by atoms with van der Waals surface area (Å²) in [7, 11) is 0. The number of pyridine rings is 1. The van der Waals surface area contributed by atoms with Gasteiger partial charge in [0.15, 0.2) is 5.75 Å². The van der Waals surface area contributed by atoms with Crippen molar-refractivity contribution in [2.45, 2.75) is 58.9 Å². The number of aromatic hydroxyl groups is 1. The Kier molecular flexibility index (Phi) is 6.53. The van der Waals surface area contributed by atoms with Crippen molar-refractivity contribution in [1.29, 1.82) is 0 Å². The van der Waals surface area contributed by atoms with Gasteiger partial charge in [0.25, 0.3) is 5.56 Å². The van der Waals surface area contributed by atoms with E-state index in [2.05, 4.69) is 13.8 Å². The van der Waals surface area contributed by atoms with Gasteiger partial charge in [-0.2, -0.15) is 0 Å². The molecule has 3 N–H and O–H groups in total. The number of aromatic nitrogens is 1. The van der Waals surface area contributed by atoms with Crippen LogP contribution in [0.15, 0.2) is 23.0 Å². The highest BCUT2D eigenvalue weighted by molar-refractivity contribution is 5.89. The fourth-order valence-corrected chi connectivity index (χ4v) is 2.80. The quantitative estimate of drug-likeness (QED) is 0.536. The van der Waals surface area contributed by atoms with E-state index in [1.54, 1.807) is 22.8 Å². The van der Waals surface area contributed by atoms with Crippen molar-refractivity contribution in [2.24, 2.45) is 0 Å². The van der Waals surface area contributed by atoms with Crippen LogP contribution in [0, 0.1) is 0 Å². The van der Waals surface area contributed by atoms with Gasteiger partial charge in [-0.15, -0.1) is 0 Å². The van der Waals surface area contributed by atoms with Crippen LogP contribution in [0.4, 0.5) is 5.69 Å². The van der Waals surface area contributed by atoms with E-state index in [0.717, 1.165) is 38.5 Å². The van der Waals surface area contributed by atoms with Gasteiger partial charge in [0.05, 0.1) is 12.1 Å². The maximum atomic E-state index is 12.8. The SMILES string of the molecule is CCCCCCOc1c(O)c2ccc(N)cc2n(CCCC)c1=O. The second-order valence-corrected chi connectivity index (χ2v) is 6.17. The topological polar surface area (TPSA) is 77.5 Å². The van der Waals surface area contributed by atoms with E-state index in [0.29, 0.717) is 29.7 Å². The van der Waals surface area contributed by atoms with Crippen molar-refractivity contribution in [3.63, 3.8) is 0 Å². The number of rotatable bonds is 9. The van der Waals surface area contributed by atoms with E-state index in [1.165, 1.54) is 0 Å². The molecule has 0 aliphatic rings. The molecule has 24 heavy (non-hydrogen) atoms. The third-order valence-electron chi connectivity index (χ3n) is 4.20. The molecule has 0 saturated heterocycles. The zero-order valence-electron chi connectivity index (χ0n) is 14.7. The predicted molar refractivity (Wildman–Crippen MR) is 98.8 cm³/mol. The van der Waals surface area contributed by atoms with Gasteiger partial charge in [-0.05, 0) is 31.0 Å². The van der Waals surface area contributed by atoms with Crippen LogP contribution in [-0.2, 0) is 6.54 Å². The molecule has 0 aliphatic heterocycles. The first-order valence-electron chi connectivity index (χ1n) is 8.87. The van der Waals surface area contributed by atoms with E-state index in [-0.39, 0.29) is 17.1 Å². The normalized spacial score (nSPS) is 11.1. The number of nitrogens with two attached hydrogens (primary N) is 1. The smallest absolute Gasteiger partial charge is 0.297 e. The molecule has 0 radical (unpaired) electrons. The van der Waals surface area contributed by atoms with Gasteiger partial charge in [-0.1, -0.05) is 39.5 Å². The molecule has 0 aliphatic carbocycles. The highest BCUT2D eigenvalue weighted by Crippen LogP contribution is 2.32. The molecule has 1 heterocycles. The van der Waals surface area contributed by atoms with Gasteiger partial charge in [-0.25, -0.2) is 0 Å². The summed E-state index contributed by atoms with van der Waals surface area (Å²) in [5.74, 6) is -0.0295. The molecule has 5 heteroatoms. The van der Waals surface area contributed by atoms with E-state index in [1.807, 2.05) is 0 Å². The third kappa shape index (κ3) is 4.02. The Morgan fingerprint density at radius 3 is 2.58 bits per heavy atom. The van der Waals surface area contributed by atoms with Crippen LogP contribution in [0.2, 0.25) is 0 Å². The van der Waals surface area contributed by atoms with Crippen LogP contribution < -0.4 is 16.0 Å². The van der Waals surface area contributed by atoms with Crippen molar-refractivity contribution in [3.05, 3.63) is 28.6 Å². The zero-order valence-corrected chi connectivity index (χ0v) is 14.7. The standard InChI is InChI=1S/C19H28N2O3/c1-3-5-7-8-12-24-18-17(22)15-10-9-14(20)13-16(15)21(19(18)23)11-6-4-2/h9-10,13,22H,3-8,11-12,20H2,1-2H3. The molecule has 1 aromatic carbocycles. The monoisotopic (exact) mass is 332 g/mol. The molecule has 0 amide bonds. The van der Waals surface area contributed by atoms with Gasteiger partial charge in [-0.3, -0.25) is 4.79 Å². The van der Waals surface area contributed by atoms with Crippen LogP contribution in [-0.4, -0.2) is 16.3 Å². The summed E-state index contributed by atoms with van der Waals surface area (Å²) < 4.78 is 7.32. The van der Waals surface area contributed by atoms with Crippen molar-refractivity contribution >= 4 is 16.6 Å². The largest absolute Gasteiger partial charge is 0.504 e. The van der Waals surface area contributed by atoms with Gasteiger partial charge in [0, 0.05) is 17.6 Å². The number of fused-ring (bicyclic) bond motifs is 1.